The van der Waals surface area contributed by atoms with E-state index < -0.39 is 53.2 Å². The number of hydrogen-bond donors (Lipinski definition) is 1. The molecule has 2 aromatic carbocycles. The molecule has 3 rings (SSSR count). The predicted octanol–water partition coefficient (Wildman–Crippen LogP) is 5.18. The first kappa shape index (κ1) is 24.8. The molecular formula is C23H24BF4NO4. The Labute approximate surface area is 189 Å². The molecule has 33 heavy (non-hydrogen) atoms. The maximum atomic E-state index is 14.3. The molecule has 0 aliphatic carbocycles. The molecular weight excluding hydrogens is 441 g/mol. The van der Waals surface area contributed by atoms with Gasteiger partial charge in [-0.05, 0) is 38.7 Å². The van der Waals surface area contributed by atoms with Crippen LogP contribution in [0, 0.1) is 23.3 Å². The van der Waals surface area contributed by atoms with E-state index in [9.17, 15) is 22.4 Å². The van der Waals surface area contributed by atoms with Crippen molar-refractivity contribution in [2.24, 2.45) is 0 Å². The van der Waals surface area contributed by atoms with Crippen molar-refractivity contribution in [2.75, 3.05) is 6.54 Å². The molecule has 0 bridgehead atoms. The Morgan fingerprint density at radius 1 is 1.00 bits per heavy atom. The Balaban J connectivity index is 1.84. The summed E-state index contributed by atoms with van der Waals surface area (Å²) in [6, 6.07) is 9.06. The summed E-state index contributed by atoms with van der Waals surface area (Å²) in [4.78, 5) is 12.2. The Morgan fingerprint density at radius 2 is 1.55 bits per heavy atom. The molecule has 0 aromatic heterocycles. The topological polar surface area (TPSA) is 56.8 Å². The van der Waals surface area contributed by atoms with Crippen LogP contribution in [-0.4, -0.2) is 31.0 Å². The molecule has 0 unspecified atom stereocenters. The van der Waals surface area contributed by atoms with E-state index in [4.69, 9.17) is 14.0 Å². The Hall–Kier alpha value is -2.85. The molecule has 1 aliphatic heterocycles. The van der Waals surface area contributed by atoms with Crippen molar-refractivity contribution in [1.29, 1.82) is 0 Å². The summed E-state index contributed by atoms with van der Waals surface area (Å²) in [7, 11) is -1.14. The Kier molecular flexibility index (Phi) is 7.19. The SMILES string of the molecule is CC1(C)OB(C(=Cc2c(F)c(F)cc(F)c2F)CNC(=O)OCc2ccccc2)OC1(C)C. The number of benzene rings is 2. The van der Waals surface area contributed by atoms with Crippen molar-refractivity contribution < 1.29 is 36.4 Å². The quantitative estimate of drug-likeness (QED) is 0.363. The summed E-state index contributed by atoms with van der Waals surface area (Å²) in [5.41, 5.74) is -1.78. The number of carbonyl (C=O) groups is 1. The van der Waals surface area contributed by atoms with Crippen LogP contribution in [0.15, 0.2) is 41.9 Å². The van der Waals surface area contributed by atoms with E-state index in [0.29, 0.717) is 0 Å². The lowest BCUT2D eigenvalue weighted by molar-refractivity contribution is 0.00578. The standard InChI is InChI=1S/C23H24BF4NO4/c1-22(2)23(3,4)33-24(32-22)15(10-16-19(27)17(25)11-18(26)20(16)28)12-29-21(30)31-13-14-8-6-5-7-9-14/h5-11H,12-13H2,1-4H3,(H,29,30). The summed E-state index contributed by atoms with van der Waals surface area (Å²) in [6.07, 6.45) is 0.0591. The summed E-state index contributed by atoms with van der Waals surface area (Å²) >= 11 is 0. The zero-order chi connectivity index (χ0) is 24.4. The van der Waals surface area contributed by atoms with E-state index in [1.165, 1.54) is 0 Å². The molecule has 1 heterocycles. The number of ether oxygens (including phenoxy) is 1. The van der Waals surface area contributed by atoms with Gasteiger partial charge < -0.3 is 19.4 Å². The average molecular weight is 465 g/mol. The lowest BCUT2D eigenvalue weighted by atomic mass is 9.77. The molecule has 176 valence electrons. The minimum absolute atomic E-state index is 0.000571. The number of alkyl carbamates (subject to hydrolysis) is 1. The van der Waals surface area contributed by atoms with Gasteiger partial charge in [-0.1, -0.05) is 36.4 Å². The smallest absolute Gasteiger partial charge is 0.445 e. The van der Waals surface area contributed by atoms with Gasteiger partial charge in [-0.25, -0.2) is 22.4 Å². The third kappa shape index (κ3) is 5.56. The van der Waals surface area contributed by atoms with Crippen LogP contribution < -0.4 is 5.32 Å². The van der Waals surface area contributed by atoms with Crippen molar-refractivity contribution in [1.82, 2.24) is 5.32 Å². The predicted molar refractivity (Wildman–Crippen MR) is 115 cm³/mol. The van der Waals surface area contributed by atoms with Gasteiger partial charge in [0, 0.05) is 12.6 Å². The van der Waals surface area contributed by atoms with Crippen molar-refractivity contribution in [2.45, 2.75) is 45.5 Å². The average Bonchev–Trinajstić information content (AvgIpc) is 2.98. The lowest BCUT2D eigenvalue weighted by Crippen LogP contribution is -2.41. The van der Waals surface area contributed by atoms with Gasteiger partial charge in [0.05, 0.1) is 16.8 Å². The largest absolute Gasteiger partial charge is 0.492 e. The fourth-order valence-electron chi connectivity index (χ4n) is 3.05. The van der Waals surface area contributed by atoms with Gasteiger partial charge in [-0.3, -0.25) is 0 Å². The van der Waals surface area contributed by atoms with E-state index in [1.54, 1.807) is 52.0 Å². The maximum Gasteiger partial charge on any atom is 0.492 e. The number of halogens is 4. The van der Waals surface area contributed by atoms with Crippen LogP contribution in [0.5, 0.6) is 0 Å². The van der Waals surface area contributed by atoms with E-state index >= 15 is 0 Å². The Bertz CT molecular complexity index is 1020. The number of rotatable bonds is 6. The fourth-order valence-corrected chi connectivity index (χ4v) is 3.05. The third-order valence-electron chi connectivity index (χ3n) is 5.68. The molecule has 0 saturated carbocycles. The molecule has 0 spiro atoms. The highest BCUT2D eigenvalue weighted by Crippen LogP contribution is 2.39. The normalized spacial score (nSPS) is 17.2. The molecule has 1 saturated heterocycles. The van der Waals surface area contributed by atoms with E-state index in [1.807, 2.05) is 6.07 Å². The first-order valence-corrected chi connectivity index (χ1v) is 10.2. The molecule has 1 amide bonds. The van der Waals surface area contributed by atoms with Crippen LogP contribution in [0.25, 0.3) is 6.08 Å². The van der Waals surface area contributed by atoms with Gasteiger partial charge in [0.25, 0.3) is 0 Å². The van der Waals surface area contributed by atoms with Gasteiger partial charge in [0.2, 0.25) is 0 Å². The van der Waals surface area contributed by atoms with E-state index in [2.05, 4.69) is 5.32 Å². The summed E-state index contributed by atoms with van der Waals surface area (Å²) in [5.74, 6) is -6.25. The van der Waals surface area contributed by atoms with Crippen LogP contribution in [0.3, 0.4) is 0 Å². The fraction of sp³-hybridized carbons (Fsp3) is 0.348. The van der Waals surface area contributed by atoms with E-state index in [-0.39, 0.29) is 24.7 Å². The lowest BCUT2D eigenvalue weighted by Gasteiger charge is -2.32. The van der Waals surface area contributed by atoms with Crippen molar-refractivity contribution in [3.05, 3.63) is 76.3 Å². The van der Waals surface area contributed by atoms with Crippen LogP contribution in [-0.2, 0) is 20.7 Å². The maximum absolute atomic E-state index is 14.3. The third-order valence-corrected chi connectivity index (χ3v) is 5.68. The second-order valence-electron chi connectivity index (χ2n) is 8.60. The number of nitrogens with one attached hydrogen (secondary N) is 1. The van der Waals surface area contributed by atoms with E-state index in [0.717, 1.165) is 11.6 Å². The van der Waals surface area contributed by atoms with Gasteiger partial charge in [-0.15, -0.1) is 0 Å². The van der Waals surface area contributed by atoms with Crippen LogP contribution in [0.4, 0.5) is 22.4 Å². The Morgan fingerprint density at radius 3 is 2.09 bits per heavy atom. The van der Waals surface area contributed by atoms with Gasteiger partial charge in [0.15, 0.2) is 23.3 Å². The molecule has 1 fully saturated rings. The first-order valence-electron chi connectivity index (χ1n) is 10.2. The van der Waals surface area contributed by atoms with Gasteiger partial charge in [-0.2, -0.15) is 0 Å². The highest BCUT2D eigenvalue weighted by Gasteiger charge is 2.52. The highest BCUT2D eigenvalue weighted by atomic mass is 19.2. The summed E-state index contributed by atoms with van der Waals surface area (Å²) in [6.45, 7) is 6.72. The van der Waals surface area contributed by atoms with Gasteiger partial charge in [0.1, 0.15) is 6.61 Å². The summed E-state index contributed by atoms with van der Waals surface area (Å²) < 4.78 is 72.9. The first-order chi connectivity index (χ1) is 15.4. The second kappa shape index (κ2) is 9.57. The molecule has 1 aliphatic rings. The number of carbonyl (C=O) groups excluding carboxylic acids is 1. The van der Waals surface area contributed by atoms with Crippen molar-refractivity contribution >= 4 is 19.3 Å². The molecule has 0 radical (unpaired) electrons. The zero-order valence-electron chi connectivity index (χ0n) is 18.7. The van der Waals surface area contributed by atoms with Crippen molar-refractivity contribution in [3.8, 4) is 0 Å². The zero-order valence-corrected chi connectivity index (χ0v) is 18.7. The monoisotopic (exact) mass is 465 g/mol. The van der Waals surface area contributed by atoms with Crippen molar-refractivity contribution in [3.63, 3.8) is 0 Å². The minimum Gasteiger partial charge on any atom is -0.445 e. The molecule has 10 heteroatoms. The van der Waals surface area contributed by atoms with Crippen LogP contribution >= 0.6 is 0 Å². The molecule has 1 N–H and O–H groups in total. The molecule has 0 atom stereocenters. The summed E-state index contributed by atoms with van der Waals surface area (Å²) in [5, 5.41) is 2.45. The van der Waals surface area contributed by atoms with Crippen LogP contribution in [0.2, 0.25) is 0 Å². The van der Waals surface area contributed by atoms with Crippen LogP contribution in [0.1, 0.15) is 38.8 Å². The minimum atomic E-state index is -1.57. The highest BCUT2D eigenvalue weighted by molar-refractivity contribution is 6.56. The molecule has 2 aromatic rings. The number of amides is 1. The molecule has 5 nitrogen and oxygen atoms in total. The number of hydrogen-bond acceptors (Lipinski definition) is 4. The second-order valence-corrected chi connectivity index (χ2v) is 8.60. The van der Waals surface area contributed by atoms with Gasteiger partial charge >= 0.3 is 13.2 Å².